The van der Waals surface area contributed by atoms with Crippen LogP contribution >= 0.6 is 0 Å². The first-order valence-corrected chi connectivity index (χ1v) is 11.1. The van der Waals surface area contributed by atoms with E-state index in [9.17, 15) is 18.0 Å². The summed E-state index contributed by atoms with van der Waals surface area (Å²) in [5, 5.41) is 2.79. The lowest BCUT2D eigenvalue weighted by molar-refractivity contribution is -0.122. The highest BCUT2D eigenvalue weighted by Crippen LogP contribution is 2.26. The number of nitrogens with zero attached hydrogens (tertiary/aromatic N) is 2. The van der Waals surface area contributed by atoms with Crippen molar-refractivity contribution in [1.82, 2.24) is 4.31 Å². The summed E-state index contributed by atoms with van der Waals surface area (Å²) < 4.78 is 26.5. The van der Waals surface area contributed by atoms with Gasteiger partial charge in [-0.3, -0.25) is 9.59 Å². The summed E-state index contributed by atoms with van der Waals surface area (Å²) in [7, 11) is -3.54. The van der Waals surface area contributed by atoms with E-state index in [-0.39, 0.29) is 23.1 Å². The van der Waals surface area contributed by atoms with Crippen molar-refractivity contribution in [2.75, 3.05) is 29.9 Å². The first kappa shape index (κ1) is 21.0. The average Bonchev–Trinajstić information content (AvgIpc) is 3.11. The molecule has 29 heavy (non-hydrogen) atoms. The van der Waals surface area contributed by atoms with Gasteiger partial charge in [0.25, 0.3) is 0 Å². The van der Waals surface area contributed by atoms with Gasteiger partial charge in [-0.1, -0.05) is 32.0 Å². The van der Waals surface area contributed by atoms with Crippen molar-refractivity contribution in [2.24, 2.45) is 5.92 Å². The zero-order valence-corrected chi connectivity index (χ0v) is 17.4. The summed E-state index contributed by atoms with van der Waals surface area (Å²) in [6.07, 6.45) is 0.148. The second kappa shape index (κ2) is 8.75. The largest absolute Gasteiger partial charge is 0.326 e. The van der Waals surface area contributed by atoms with Gasteiger partial charge in [0.2, 0.25) is 21.8 Å². The van der Waals surface area contributed by atoms with Gasteiger partial charge < -0.3 is 10.2 Å². The quantitative estimate of drug-likeness (QED) is 0.753. The van der Waals surface area contributed by atoms with E-state index in [4.69, 9.17) is 0 Å². The fraction of sp³-hybridized carbons (Fsp3) is 0.333. The smallest absolute Gasteiger partial charge is 0.243 e. The SMILES string of the molecule is CCN(CC)S(=O)(=O)c1ccc(NC(=O)C2CC(=O)N(c3ccccc3)C2)cc1. The summed E-state index contributed by atoms with van der Waals surface area (Å²) >= 11 is 0. The molecule has 1 fully saturated rings. The number of carbonyl (C=O) groups is 2. The molecule has 3 rings (SSSR count). The van der Waals surface area contributed by atoms with Crippen LogP contribution in [0.25, 0.3) is 0 Å². The van der Waals surface area contributed by atoms with Gasteiger partial charge in [-0.15, -0.1) is 0 Å². The molecular formula is C21H25N3O4S. The molecule has 8 heteroatoms. The van der Waals surface area contributed by atoms with Crippen molar-refractivity contribution in [3.63, 3.8) is 0 Å². The summed E-state index contributed by atoms with van der Waals surface area (Å²) in [6.45, 7) is 4.69. The maximum Gasteiger partial charge on any atom is 0.243 e. The number of hydrogen-bond acceptors (Lipinski definition) is 4. The monoisotopic (exact) mass is 415 g/mol. The molecule has 1 N–H and O–H groups in total. The second-order valence-corrected chi connectivity index (χ2v) is 8.78. The van der Waals surface area contributed by atoms with E-state index in [1.807, 2.05) is 30.3 Å². The molecular weight excluding hydrogens is 390 g/mol. The first-order valence-electron chi connectivity index (χ1n) is 9.63. The van der Waals surface area contributed by atoms with Gasteiger partial charge in [-0.05, 0) is 36.4 Å². The topological polar surface area (TPSA) is 86.8 Å². The molecule has 0 aromatic heterocycles. The van der Waals surface area contributed by atoms with Gasteiger partial charge in [0.1, 0.15) is 0 Å². The molecule has 2 aromatic carbocycles. The molecule has 0 aliphatic carbocycles. The number of carbonyl (C=O) groups excluding carboxylic acids is 2. The van der Waals surface area contributed by atoms with Gasteiger partial charge in [-0.2, -0.15) is 4.31 Å². The van der Waals surface area contributed by atoms with E-state index in [1.165, 1.54) is 16.4 Å². The van der Waals surface area contributed by atoms with Gasteiger partial charge in [0.05, 0.1) is 10.8 Å². The van der Waals surface area contributed by atoms with E-state index < -0.39 is 15.9 Å². The molecule has 1 unspecified atom stereocenters. The standard InChI is InChI=1S/C21H25N3O4S/c1-3-23(4-2)29(27,28)19-12-10-17(11-13-19)22-21(26)16-14-20(25)24(15-16)18-8-6-5-7-9-18/h5-13,16H,3-4,14-15H2,1-2H3,(H,22,26). The van der Waals surface area contributed by atoms with Crippen molar-refractivity contribution in [3.05, 3.63) is 54.6 Å². The molecule has 0 spiro atoms. The van der Waals surface area contributed by atoms with Gasteiger partial charge >= 0.3 is 0 Å². The third-order valence-electron chi connectivity index (χ3n) is 5.03. The molecule has 0 saturated carbocycles. The Bertz CT molecular complexity index is 971. The van der Waals surface area contributed by atoms with Gasteiger partial charge in [-0.25, -0.2) is 8.42 Å². The Balaban J connectivity index is 1.66. The highest BCUT2D eigenvalue weighted by Gasteiger charge is 2.35. The predicted molar refractivity (Wildman–Crippen MR) is 112 cm³/mol. The number of hydrogen-bond donors (Lipinski definition) is 1. The highest BCUT2D eigenvalue weighted by molar-refractivity contribution is 7.89. The van der Waals surface area contributed by atoms with E-state index >= 15 is 0 Å². The number of anilines is 2. The molecule has 2 aromatic rings. The van der Waals surface area contributed by atoms with E-state index in [2.05, 4.69) is 5.32 Å². The maximum atomic E-state index is 12.6. The lowest BCUT2D eigenvalue weighted by atomic mass is 10.1. The number of amides is 2. The van der Waals surface area contributed by atoms with Crippen LogP contribution in [0, 0.1) is 5.92 Å². The van der Waals surface area contributed by atoms with Gasteiger partial charge in [0, 0.05) is 37.4 Å². The van der Waals surface area contributed by atoms with Crippen molar-refractivity contribution in [2.45, 2.75) is 25.2 Å². The fourth-order valence-electron chi connectivity index (χ4n) is 3.41. The van der Waals surface area contributed by atoms with E-state index in [1.54, 1.807) is 30.9 Å². The van der Waals surface area contributed by atoms with Crippen LogP contribution in [0.15, 0.2) is 59.5 Å². The van der Waals surface area contributed by atoms with Crippen LogP contribution in [-0.4, -0.2) is 44.2 Å². The molecule has 0 bridgehead atoms. The van der Waals surface area contributed by atoms with E-state index in [0.29, 0.717) is 25.3 Å². The zero-order chi connectivity index (χ0) is 21.0. The molecule has 7 nitrogen and oxygen atoms in total. The van der Waals surface area contributed by atoms with Crippen LogP contribution in [0.4, 0.5) is 11.4 Å². The highest BCUT2D eigenvalue weighted by atomic mass is 32.2. The van der Waals surface area contributed by atoms with Crippen LogP contribution in [0.2, 0.25) is 0 Å². The number of benzene rings is 2. The molecule has 2 amide bonds. The van der Waals surface area contributed by atoms with Gasteiger partial charge in [0.15, 0.2) is 0 Å². The number of rotatable bonds is 7. The average molecular weight is 416 g/mol. The van der Waals surface area contributed by atoms with Crippen molar-refractivity contribution < 1.29 is 18.0 Å². The van der Waals surface area contributed by atoms with Crippen molar-refractivity contribution >= 4 is 33.2 Å². The summed E-state index contributed by atoms with van der Waals surface area (Å²) in [5.41, 5.74) is 1.28. The second-order valence-electron chi connectivity index (χ2n) is 6.84. The number of nitrogens with one attached hydrogen (secondary N) is 1. The number of sulfonamides is 1. The Morgan fingerprint density at radius 1 is 1.07 bits per heavy atom. The summed E-state index contributed by atoms with van der Waals surface area (Å²) in [6, 6.07) is 15.4. The minimum absolute atomic E-state index is 0.0861. The van der Waals surface area contributed by atoms with Crippen LogP contribution in [0.3, 0.4) is 0 Å². The molecule has 154 valence electrons. The zero-order valence-electron chi connectivity index (χ0n) is 16.5. The maximum absolute atomic E-state index is 12.6. The minimum Gasteiger partial charge on any atom is -0.326 e. The summed E-state index contributed by atoms with van der Waals surface area (Å²) in [4.78, 5) is 26.7. The van der Waals surface area contributed by atoms with Crippen molar-refractivity contribution in [1.29, 1.82) is 0 Å². The van der Waals surface area contributed by atoms with Crippen LogP contribution in [-0.2, 0) is 19.6 Å². The van der Waals surface area contributed by atoms with Crippen LogP contribution in [0.1, 0.15) is 20.3 Å². The fourth-order valence-corrected chi connectivity index (χ4v) is 4.87. The Labute approximate surface area is 171 Å². The third kappa shape index (κ3) is 4.49. The first-order chi connectivity index (χ1) is 13.9. The van der Waals surface area contributed by atoms with Crippen LogP contribution < -0.4 is 10.2 Å². The van der Waals surface area contributed by atoms with Crippen molar-refractivity contribution in [3.8, 4) is 0 Å². The lowest BCUT2D eigenvalue weighted by Crippen LogP contribution is -2.30. The molecule has 1 aliphatic heterocycles. The minimum atomic E-state index is -3.54. The Hall–Kier alpha value is -2.71. The summed E-state index contributed by atoms with van der Waals surface area (Å²) in [5.74, 6) is -0.796. The molecule has 1 atom stereocenters. The normalized spacial score (nSPS) is 17.0. The Kier molecular flexibility index (Phi) is 6.34. The number of para-hydroxylation sites is 1. The lowest BCUT2D eigenvalue weighted by Gasteiger charge is -2.18. The predicted octanol–water partition coefficient (Wildman–Crippen LogP) is 2.71. The van der Waals surface area contributed by atoms with E-state index in [0.717, 1.165) is 5.69 Å². The molecule has 1 saturated heterocycles. The van der Waals surface area contributed by atoms with Crippen LogP contribution in [0.5, 0.6) is 0 Å². The molecule has 0 radical (unpaired) electrons. The third-order valence-corrected chi connectivity index (χ3v) is 7.09. The molecule has 1 heterocycles. The molecule has 1 aliphatic rings. The Morgan fingerprint density at radius 2 is 1.69 bits per heavy atom. The Morgan fingerprint density at radius 3 is 2.28 bits per heavy atom.